The zero-order valence-corrected chi connectivity index (χ0v) is 20.7. The van der Waals surface area contributed by atoms with E-state index in [0.717, 1.165) is 37.8 Å². The summed E-state index contributed by atoms with van der Waals surface area (Å²) in [5.41, 5.74) is 0.384. The van der Waals surface area contributed by atoms with Crippen LogP contribution in [0.1, 0.15) is 49.5 Å². The van der Waals surface area contributed by atoms with Crippen molar-refractivity contribution >= 4 is 39.2 Å². The second-order valence-corrected chi connectivity index (χ2v) is 10.9. The molecule has 12 heteroatoms. The van der Waals surface area contributed by atoms with Crippen molar-refractivity contribution in [3.63, 3.8) is 0 Å². The first kappa shape index (κ1) is 25.6. The molecule has 2 N–H and O–H groups in total. The van der Waals surface area contributed by atoms with E-state index in [1.54, 1.807) is 0 Å². The summed E-state index contributed by atoms with van der Waals surface area (Å²) in [5, 5.41) is 13.6. The molecule has 1 aliphatic carbocycles. The quantitative estimate of drug-likeness (QED) is 0.401. The molecule has 1 aromatic heterocycles. The molecular weight excluding hydrogens is 520 g/mol. The number of nitrogens with one attached hydrogen (secondary N) is 1. The van der Waals surface area contributed by atoms with Gasteiger partial charge in [-0.2, -0.15) is 9.71 Å². The predicted octanol–water partition coefficient (Wildman–Crippen LogP) is 5.20. The van der Waals surface area contributed by atoms with Gasteiger partial charge in [-0.3, -0.25) is 4.79 Å². The summed E-state index contributed by atoms with van der Waals surface area (Å²) in [6, 6.07) is 6.12. The molecule has 1 aliphatic rings. The molecule has 4 rings (SSSR count). The maximum atomic E-state index is 14.9. The summed E-state index contributed by atoms with van der Waals surface area (Å²) in [7, 11) is -4.23. The minimum atomic E-state index is -4.23. The van der Waals surface area contributed by atoms with Crippen LogP contribution in [0.5, 0.6) is 0 Å². The lowest BCUT2D eigenvalue weighted by molar-refractivity contribution is -0.138. The molecule has 2 aromatic carbocycles. The third-order valence-electron chi connectivity index (χ3n) is 5.91. The maximum Gasteiger partial charge on any atom is 0.322 e. The first-order valence-electron chi connectivity index (χ1n) is 11.0. The van der Waals surface area contributed by atoms with Gasteiger partial charge in [0.25, 0.3) is 0 Å². The zero-order valence-electron chi connectivity index (χ0n) is 18.4. The smallest absolute Gasteiger partial charge is 0.322 e. The zero-order chi connectivity index (χ0) is 25.2. The average Bonchev–Trinajstić information content (AvgIpc) is 3.31. The van der Waals surface area contributed by atoms with Crippen LogP contribution < -0.4 is 4.72 Å². The van der Waals surface area contributed by atoms with Crippen LogP contribution in [0.15, 0.2) is 45.8 Å². The fourth-order valence-electron chi connectivity index (χ4n) is 4.04. The topological polar surface area (TPSA) is 122 Å². The van der Waals surface area contributed by atoms with Gasteiger partial charge in [0, 0.05) is 5.92 Å². The van der Waals surface area contributed by atoms with Crippen molar-refractivity contribution < 1.29 is 27.2 Å². The molecule has 35 heavy (non-hydrogen) atoms. The number of carboxylic acids is 1. The number of halogens is 3. The Morgan fingerprint density at radius 3 is 2.54 bits per heavy atom. The number of hydrogen-bond donors (Lipinski definition) is 2. The Kier molecular flexibility index (Phi) is 7.75. The highest BCUT2D eigenvalue weighted by molar-refractivity contribution is 7.89. The van der Waals surface area contributed by atoms with E-state index in [2.05, 4.69) is 14.9 Å². The standard InChI is InChI=1S/C23H22Cl2FN3O5S/c24-17-9-7-15(12-18(17)25)35(32,33)29-20(23(30)31)11-13-6-8-16(19(26)10-13)21-27-22(34-28-21)14-4-2-1-3-5-14/h6-10,12,14,20,29H,1-5,11H2,(H,30,31). The van der Waals surface area contributed by atoms with Gasteiger partial charge in [-0.25, -0.2) is 12.8 Å². The summed E-state index contributed by atoms with van der Waals surface area (Å²) in [6.07, 6.45) is 4.96. The predicted molar refractivity (Wildman–Crippen MR) is 127 cm³/mol. The molecule has 0 amide bonds. The lowest BCUT2D eigenvalue weighted by Crippen LogP contribution is -2.42. The maximum absolute atomic E-state index is 14.9. The van der Waals surface area contributed by atoms with Crippen molar-refractivity contribution in [2.75, 3.05) is 0 Å². The average molecular weight is 542 g/mol. The molecule has 3 aromatic rings. The van der Waals surface area contributed by atoms with E-state index >= 15 is 0 Å². The molecular formula is C23H22Cl2FN3O5S. The highest BCUT2D eigenvalue weighted by Crippen LogP contribution is 2.33. The molecule has 1 heterocycles. The van der Waals surface area contributed by atoms with Crippen molar-refractivity contribution in [2.45, 2.75) is 55.4 Å². The summed E-state index contributed by atoms with van der Waals surface area (Å²) in [6.45, 7) is 0. The number of carbonyl (C=O) groups is 1. The van der Waals surface area contributed by atoms with Gasteiger partial charge >= 0.3 is 5.97 Å². The van der Waals surface area contributed by atoms with Crippen LogP contribution >= 0.6 is 23.2 Å². The van der Waals surface area contributed by atoms with Crippen molar-refractivity contribution in [3.05, 3.63) is 63.7 Å². The second kappa shape index (κ2) is 10.6. The van der Waals surface area contributed by atoms with Crippen LogP contribution in [0.4, 0.5) is 4.39 Å². The number of rotatable bonds is 8. The fraction of sp³-hybridized carbons (Fsp3) is 0.348. The highest BCUT2D eigenvalue weighted by Gasteiger charge is 2.27. The Bertz CT molecular complexity index is 1340. The van der Waals surface area contributed by atoms with E-state index in [4.69, 9.17) is 27.7 Å². The minimum absolute atomic E-state index is 0.00665. The minimum Gasteiger partial charge on any atom is -0.480 e. The largest absolute Gasteiger partial charge is 0.480 e. The molecule has 0 saturated heterocycles. The third kappa shape index (κ3) is 6.00. The molecule has 1 atom stereocenters. The van der Waals surface area contributed by atoms with Crippen LogP contribution in [-0.4, -0.2) is 35.7 Å². The molecule has 1 unspecified atom stereocenters. The van der Waals surface area contributed by atoms with E-state index in [9.17, 15) is 22.7 Å². The highest BCUT2D eigenvalue weighted by atomic mass is 35.5. The fourth-order valence-corrected chi connectivity index (χ4v) is 5.62. The van der Waals surface area contributed by atoms with Gasteiger partial charge in [0.15, 0.2) is 0 Å². The van der Waals surface area contributed by atoms with Gasteiger partial charge in [-0.1, -0.05) is 53.7 Å². The molecule has 0 bridgehead atoms. The van der Waals surface area contributed by atoms with E-state index < -0.39 is 27.9 Å². The lowest BCUT2D eigenvalue weighted by Gasteiger charge is -2.17. The summed E-state index contributed by atoms with van der Waals surface area (Å²) in [5.74, 6) is -1.31. The summed E-state index contributed by atoms with van der Waals surface area (Å²) in [4.78, 5) is 15.9. The van der Waals surface area contributed by atoms with E-state index in [-0.39, 0.29) is 44.2 Å². The van der Waals surface area contributed by atoms with Gasteiger partial charge in [-0.15, -0.1) is 0 Å². The Hall–Kier alpha value is -2.53. The first-order chi connectivity index (χ1) is 16.6. The van der Waals surface area contributed by atoms with E-state index in [0.29, 0.717) is 5.89 Å². The van der Waals surface area contributed by atoms with Gasteiger partial charge in [0.1, 0.15) is 11.9 Å². The van der Waals surface area contributed by atoms with Crippen molar-refractivity contribution in [1.29, 1.82) is 0 Å². The Morgan fingerprint density at radius 1 is 1.14 bits per heavy atom. The normalized spacial score (nSPS) is 15.7. The van der Waals surface area contributed by atoms with Gasteiger partial charge in [-0.05, 0) is 55.2 Å². The number of nitrogens with zero attached hydrogens (tertiary/aromatic N) is 2. The number of sulfonamides is 1. The molecule has 0 radical (unpaired) electrons. The molecule has 1 saturated carbocycles. The van der Waals surface area contributed by atoms with Crippen LogP contribution in [0.3, 0.4) is 0 Å². The molecule has 0 spiro atoms. The third-order valence-corrected chi connectivity index (χ3v) is 8.12. The van der Waals surface area contributed by atoms with Crippen LogP contribution in [-0.2, 0) is 21.2 Å². The van der Waals surface area contributed by atoms with Gasteiger partial charge in [0.05, 0.1) is 20.5 Å². The van der Waals surface area contributed by atoms with Crippen LogP contribution in [0, 0.1) is 5.82 Å². The molecule has 186 valence electrons. The lowest BCUT2D eigenvalue weighted by atomic mass is 9.89. The van der Waals surface area contributed by atoms with Gasteiger partial charge in [0.2, 0.25) is 21.7 Å². The van der Waals surface area contributed by atoms with Crippen LogP contribution in [0.25, 0.3) is 11.4 Å². The molecule has 0 aliphatic heterocycles. The number of hydrogen-bond acceptors (Lipinski definition) is 6. The summed E-state index contributed by atoms with van der Waals surface area (Å²) < 4.78 is 47.7. The van der Waals surface area contributed by atoms with Gasteiger partial charge < -0.3 is 9.63 Å². The van der Waals surface area contributed by atoms with E-state index in [1.807, 2.05) is 0 Å². The Balaban J connectivity index is 1.50. The number of aromatic nitrogens is 2. The second-order valence-electron chi connectivity index (χ2n) is 8.40. The van der Waals surface area contributed by atoms with E-state index in [1.165, 1.54) is 30.7 Å². The Morgan fingerprint density at radius 2 is 1.89 bits per heavy atom. The number of benzene rings is 2. The number of aliphatic carboxylic acids is 1. The van der Waals surface area contributed by atoms with Crippen molar-refractivity contribution in [3.8, 4) is 11.4 Å². The van der Waals surface area contributed by atoms with Crippen LogP contribution in [0.2, 0.25) is 10.0 Å². The monoisotopic (exact) mass is 541 g/mol. The SMILES string of the molecule is O=C(O)C(Cc1ccc(-c2noc(C3CCCCC3)n2)c(F)c1)NS(=O)(=O)c1ccc(Cl)c(Cl)c1. The van der Waals surface area contributed by atoms with Crippen molar-refractivity contribution in [1.82, 2.24) is 14.9 Å². The summed E-state index contributed by atoms with van der Waals surface area (Å²) >= 11 is 11.7. The molecule has 1 fully saturated rings. The molecule has 8 nitrogen and oxygen atoms in total. The Labute approximate surface area is 211 Å². The first-order valence-corrected chi connectivity index (χ1v) is 13.2. The number of carboxylic acid groups (broad SMARTS) is 1. The van der Waals surface area contributed by atoms with Crippen molar-refractivity contribution in [2.24, 2.45) is 0 Å².